The highest BCUT2D eigenvalue weighted by Crippen LogP contribution is 2.36. The van der Waals surface area contributed by atoms with E-state index in [0.717, 1.165) is 9.16 Å². The molecule has 1 fully saturated rings. The second-order valence-electron chi connectivity index (χ2n) is 5.00. The lowest BCUT2D eigenvalue weighted by atomic mass is 9.80. The van der Waals surface area contributed by atoms with Crippen LogP contribution in [0, 0.1) is 3.70 Å². The normalized spacial score (nSPS) is 22.4. The van der Waals surface area contributed by atoms with Gasteiger partial charge >= 0.3 is 7.12 Å². The minimum atomic E-state index is -0.290. The molecule has 1 aliphatic heterocycles. The van der Waals surface area contributed by atoms with E-state index in [2.05, 4.69) is 55.3 Å². The summed E-state index contributed by atoms with van der Waals surface area (Å²) in [7, 11) is -0.290. The molecule has 86 valence electrons. The molecule has 2 rings (SSSR count). The molecule has 0 aliphatic carbocycles. The standard InChI is InChI=1S/C11H15BINO2/c1-10(2)11(3,4)16-12(15-10)8-5-6-14-9(13)7-8/h5-7H,1-4H3. The minimum absolute atomic E-state index is 0.285. The zero-order valence-corrected chi connectivity index (χ0v) is 12.1. The third kappa shape index (κ3) is 2.12. The quantitative estimate of drug-likeness (QED) is 0.448. The Balaban J connectivity index is 2.27. The molecule has 1 aromatic heterocycles. The molecule has 0 N–H and O–H groups in total. The molecule has 1 saturated heterocycles. The lowest BCUT2D eigenvalue weighted by Gasteiger charge is -2.32. The molecule has 0 radical (unpaired) electrons. The molecule has 0 amide bonds. The van der Waals surface area contributed by atoms with Crippen LogP contribution in [0.5, 0.6) is 0 Å². The van der Waals surface area contributed by atoms with Crippen molar-refractivity contribution in [1.29, 1.82) is 0 Å². The van der Waals surface area contributed by atoms with Gasteiger partial charge in [-0.3, -0.25) is 4.98 Å². The first-order valence-electron chi connectivity index (χ1n) is 5.29. The molecule has 5 heteroatoms. The van der Waals surface area contributed by atoms with Gasteiger partial charge in [0.2, 0.25) is 0 Å². The molecule has 0 saturated carbocycles. The molecular formula is C11H15BINO2. The van der Waals surface area contributed by atoms with Gasteiger partial charge in [0.1, 0.15) is 3.70 Å². The van der Waals surface area contributed by atoms with E-state index in [1.165, 1.54) is 0 Å². The Kier molecular flexibility index (Phi) is 3.05. The predicted molar refractivity (Wildman–Crippen MR) is 72.7 cm³/mol. The van der Waals surface area contributed by atoms with Gasteiger partial charge in [-0.1, -0.05) is 0 Å². The molecule has 0 spiro atoms. The van der Waals surface area contributed by atoms with E-state index in [1.54, 1.807) is 6.20 Å². The van der Waals surface area contributed by atoms with Crippen LogP contribution in [0.25, 0.3) is 0 Å². The largest absolute Gasteiger partial charge is 0.494 e. The Morgan fingerprint density at radius 2 is 1.75 bits per heavy atom. The van der Waals surface area contributed by atoms with Gasteiger partial charge in [-0.05, 0) is 67.9 Å². The van der Waals surface area contributed by atoms with Crippen LogP contribution in [0.1, 0.15) is 27.7 Å². The van der Waals surface area contributed by atoms with Gasteiger partial charge in [0.15, 0.2) is 0 Å². The summed E-state index contributed by atoms with van der Waals surface area (Å²) in [6, 6.07) is 3.92. The topological polar surface area (TPSA) is 31.4 Å². The first-order chi connectivity index (χ1) is 7.32. The van der Waals surface area contributed by atoms with Crippen LogP contribution in [-0.2, 0) is 9.31 Å². The van der Waals surface area contributed by atoms with E-state index < -0.39 is 0 Å². The van der Waals surface area contributed by atoms with Crippen molar-refractivity contribution in [3.05, 3.63) is 22.0 Å². The van der Waals surface area contributed by atoms with Crippen molar-refractivity contribution in [2.75, 3.05) is 0 Å². The van der Waals surface area contributed by atoms with Crippen LogP contribution in [0.3, 0.4) is 0 Å². The summed E-state index contributed by atoms with van der Waals surface area (Å²) < 4.78 is 12.9. The van der Waals surface area contributed by atoms with Crippen molar-refractivity contribution in [2.24, 2.45) is 0 Å². The van der Waals surface area contributed by atoms with Gasteiger partial charge in [0.25, 0.3) is 0 Å². The van der Waals surface area contributed by atoms with Crippen molar-refractivity contribution in [3.8, 4) is 0 Å². The van der Waals surface area contributed by atoms with Crippen molar-refractivity contribution in [2.45, 2.75) is 38.9 Å². The number of pyridine rings is 1. The molecule has 1 aliphatic rings. The van der Waals surface area contributed by atoms with Crippen molar-refractivity contribution >= 4 is 35.2 Å². The van der Waals surface area contributed by atoms with Gasteiger partial charge in [-0.2, -0.15) is 0 Å². The average Bonchev–Trinajstić information content (AvgIpc) is 2.36. The molecule has 1 aromatic rings. The fraction of sp³-hybridized carbons (Fsp3) is 0.545. The molecule has 0 atom stereocenters. The number of hydrogen-bond acceptors (Lipinski definition) is 3. The highest BCUT2D eigenvalue weighted by Gasteiger charge is 2.51. The number of hydrogen-bond donors (Lipinski definition) is 0. The number of aromatic nitrogens is 1. The fourth-order valence-corrected chi connectivity index (χ4v) is 2.06. The Morgan fingerprint density at radius 1 is 1.19 bits per heavy atom. The zero-order valence-electron chi connectivity index (χ0n) is 9.95. The van der Waals surface area contributed by atoms with E-state index in [-0.39, 0.29) is 18.3 Å². The van der Waals surface area contributed by atoms with E-state index >= 15 is 0 Å². The second kappa shape index (κ2) is 3.96. The second-order valence-corrected chi connectivity index (χ2v) is 6.11. The Labute approximate surface area is 110 Å². The Hall–Kier alpha value is -0.135. The third-order valence-corrected chi connectivity index (χ3v) is 3.87. The minimum Gasteiger partial charge on any atom is -0.399 e. The first-order valence-corrected chi connectivity index (χ1v) is 6.37. The van der Waals surface area contributed by atoms with Crippen LogP contribution in [0.2, 0.25) is 0 Å². The van der Waals surface area contributed by atoms with Gasteiger partial charge in [0.05, 0.1) is 11.2 Å². The third-order valence-electron chi connectivity index (χ3n) is 3.28. The lowest BCUT2D eigenvalue weighted by molar-refractivity contribution is 0.00578. The van der Waals surface area contributed by atoms with E-state index in [4.69, 9.17) is 9.31 Å². The number of nitrogens with zero attached hydrogens (tertiary/aromatic N) is 1. The van der Waals surface area contributed by atoms with Crippen molar-refractivity contribution < 1.29 is 9.31 Å². The summed E-state index contributed by atoms with van der Waals surface area (Å²) in [6.07, 6.45) is 1.78. The van der Waals surface area contributed by atoms with Crippen LogP contribution >= 0.6 is 22.6 Å². The SMILES string of the molecule is CC1(C)OB(c2ccnc(I)c2)OC1(C)C. The van der Waals surface area contributed by atoms with Crippen LogP contribution in [0.4, 0.5) is 0 Å². The van der Waals surface area contributed by atoms with Crippen molar-refractivity contribution in [3.63, 3.8) is 0 Å². The summed E-state index contributed by atoms with van der Waals surface area (Å²) in [5.74, 6) is 0. The molecular weight excluding hydrogens is 316 g/mol. The maximum absolute atomic E-state index is 5.95. The van der Waals surface area contributed by atoms with Crippen LogP contribution in [0.15, 0.2) is 18.3 Å². The monoisotopic (exact) mass is 331 g/mol. The molecule has 16 heavy (non-hydrogen) atoms. The summed E-state index contributed by atoms with van der Waals surface area (Å²) in [5.41, 5.74) is 0.455. The molecule has 0 aromatic carbocycles. The van der Waals surface area contributed by atoms with Gasteiger partial charge in [-0.15, -0.1) is 0 Å². The summed E-state index contributed by atoms with van der Waals surface area (Å²) in [5, 5.41) is 0. The van der Waals surface area contributed by atoms with Gasteiger partial charge in [-0.25, -0.2) is 0 Å². The van der Waals surface area contributed by atoms with E-state index in [1.807, 2.05) is 12.1 Å². The maximum atomic E-state index is 5.95. The summed E-state index contributed by atoms with van der Waals surface area (Å²) in [4.78, 5) is 4.16. The molecule has 3 nitrogen and oxygen atoms in total. The lowest BCUT2D eigenvalue weighted by Crippen LogP contribution is -2.41. The van der Waals surface area contributed by atoms with Crippen molar-refractivity contribution in [1.82, 2.24) is 4.98 Å². The smallest absolute Gasteiger partial charge is 0.399 e. The van der Waals surface area contributed by atoms with Gasteiger partial charge < -0.3 is 9.31 Å². The first kappa shape index (κ1) is 12.3. The summed E-state index contributed by atoms with van der Waals surface area (Å²) >= 11 is 2.19. The Bertz CT molecular complexity index is 393. The van der Waals surface area contributed by atoms with Gasteiger partial charge in [0, 0.05) is 6.20 Å². The predicted octanol–water partition coefficient (Wildman–Crippen LogP) is 1.99. The molecule has 0 unspecified atom stereocenters. The maximum Gasteiger partial charge on any atom is 0.494 e. The molecule has 2 heterocycles. The molecule has 0 bridgehead atoms. The highest BCUT2D eigenvalue weighted by atomic mass is 127. The number of rotatable bonds is 1. The average molecular weight is 331 g/mol. The zero-order chi connectivity index (χ0) is 12.0. The van der Waals surface area contributed by atoms with E-state index in [0.29, 0.717) is 0 Å². The Morgan fingerprint density at radius 3 is 2.25 bits per heavy atom. The highest BCUT2D eigenvalue weighted by molar-refractivity contribution is 14.1. The van der Waals surface area contributed by atoms with E-state index in [9.17, 15) is 0 Å². The number of halogens is 1. The summed E-state index contributed by atoms with van der Waals surface area (Å²) in [6.45, 7) is 8.22. The van der Waals surface area contributed by atoms with Crippen LogP contribution < -0.4 is 5.46 Å². The van der Waals surface area contributed by atoms with Crippen LogP contribution in [-0.4, -0.2) is 23.3 Å². The fourth-order valence-electron chi connectivity index (χ4n) is 1.54.